The lowest BCUT2D eigenvalue weighted by Crippen LogP contribution is -2.28. The Morgan fingerprint density at radius 1 is 1.40 bits per heavy atom. The molecular weight excluding hydrogens is 252 g/mol. The van der Waals surface area contributed by atoms with Crippen LogP contribution < -0.4 is 15.5 Å². The summed E-state index contributed by atoms with van der Waals surface area (Å²) in [5, 5.41) is 6.20. The van der Waals surface area contributed by atoms with Crippen LogP contribution in [0.1, 0.15) is 20.8 Å². The first-order valence-electron chi connectivity index (χ1n) is 7.38. The van der Waals surface area contributed by atoms with Crippen LogP contribution in [0.15, 0.2) is 18.3 Å². The molecule has 1 aliphatic rings. The van der Waals surface area contributed by atoms with Gasteiger partial charge in [0.15, 0.2) is 0 Å². The SMILES string of the molecule is CCN(CC)c1ccc(NC(=O)C2CNCC2C)cn1. The number of anilines is 2. The van der Waals surface area contributed by atoms with E-state index in [1.807, 2.05) is 12.1 Å². The molecule has 2 N–H and O–H groups in total. The van der Waals surface area contributed by atoms with Gasteiger partial charge < -0.3 is 15.5 Å². The molecule has 1 aliphatic heterocycles. The number of carbonyl (C=O) groups is 1. The van der Waals surface area contributed by atoms with Crippen LogP contribution in [0.3, 0.4) is 0 Å². The molecule has 1 aromatic heterocycles. The summed E-state index contributed by atoms with van der Waals surface area (Å²) in [7, 11) is 0. The van der Waals surface area contributed by atoms with Crippen molar-refractivity contribution in [2.24, 2.45) is 11.8 Å². The summed E-state index contributed by atoms with van der Waals surface area (Å²) >= 11 is 0. The van der Waals surface area contributed by atoms with E-state index in [2.05, 4.69) is 41.3 Å². The second-order valence-corrected chi connectivity index (χ2v) is 5.31. The molecule has 20 heavy (non-hydrogen) atoms. The van der Waals surface area contributed by atoms with Gasteiger partial charge in [-0.05, 0) is 38.4 Å². The van der Waals surface area contributed by atoms with Crippen molar-refractivity contribution in [2.75, 3.05) is 36.4 Å². The highest BCUT2D eigenvalue weighted by atomic mass is 16.1. The van der Waals surface area contributed by atoms with E-state index in [-0.39, 0.29) is 11.8 Å². The van der Waals surface area contributed by atoms with Crippen molar-refractivity contribution in [3.63, 3.8) is 0 Å². The highest BCUT2D eigenvalue weighted by molar-refractivity contribution is 5.93. The molecule has 0 saturated carbocycles. The van der Waals surface area contributed by atoms with Gasteiger partial charge >= 0.3 is 0 Å². The number of carbonyl (C=O) groups excluding carboxylic acids is 1. The highest BCUT2D eigenvalue weighted by Crippen LogP contribution is 2.19. The number of amides is 1. The Kier molecular flexibility index (Phi) is 4.95. The van der Waals surface area contributed by atoms with Crippen LogP contribution in [0.4, 0.5) is 11.5 Å². The molecule has 2 atom stereocenters. The molecule has 1 fully saturated rings. The standard InChI is InChI=1S/C15H24N4O/c1-4-19(5-2)14-7-6-12(9-17-14)18-15(20)13-10-16-8-11(13)3/h6-7,9,11,13,16H,4-5,8,10H2,1-3H3,(H,18,20). The smallest absolute Gasteiger partial charge is 0.229 e. The molecule has 0 bridgehead atoms. The Balaban J connectivity index is 1.98. The molecule has 5 nitrogen and oxygen atoms in total. The van der Waals surface area contributed by atoms with Gasteiger partial charge in [-0.15, -0.1) is 0 Å². The molecule has 0 aromatic carbocycles. The van der Waals surface area contributed by atoms with Gasteiger partial charge in [0, 0.05) is 19.6 Å². The zero-order valence-electron chi connectivity index (χ0n) is 12.5. The topological polar surface area (TPSA) is 57.3 Å². The van der Waals surface area contributed by atoms with Gasteiger partial charge in [-0.25, -0.2) is 4.98 Å². The molecule has 2 unspecified atom stereocenters. The van der Waals surface area contributed by atoms with Crippen molar-refractivity contribution in [1.29, 1.82) is 0 Å². The molecule has 1 aromatic rings. The van der Waals surface area contributed by atoms with Crippen LogP contribution in [0.5, 0.6) is 0 Å². The second-order valence-electron chi connectivity index (χ2n) is 5.31. The number of rotatable bonds is 5. The zero-order valence-corrected chi connectivity index (χ0v) is 12.5. The quantitative estimate of drug-likeness (QED) is 0.860. The summed E-state index contributed by atoms with van der Waals surface area (Å²) < 4.78 is 0. The predicted molar refractivity (Wildman–Crippen MR) is 82.0 cm³/mol. The van der Waals surface area contributed by atoms with Gasteiger partial charge in [-0.2, -0.15) is 0 Å². The first-order chi connectivity index (χ1) is 9.65. The molecule has 2 heterocycles. The fourth-order valence-electron chi connectivity index (χ4n) is 2.59. The average Bonchev–Trinajstić information content (AvgIpc) is 2.88. The maximum absolute atomic E-state index is 12.2. The minimum Gasteiger partial charge on any atom is -0.357 e. The van der Waals surface area contributed by atoms with Crippen molar-refractivity contribution in [3.05, 3.63) is 18.3 Å². The van der Waals surface area contributed by atoms with Crippen molar-refractivity contribution < 1.29 is 4.79 Å². The van der Waals surface area contributed by atoms with Gasteiger partial charge in [0.2, 0.25) is 5.91 Å². The molecule has 2 rings (SSSR count). The molecule has 1 amide bonds. The Labute approximate surface area is 120 Å². The van der Waals surface area contributed by atoms with Crippen LogP contribution in [-0.4, -0.2) is 37.1 Å². The van der Waals surface area contributed by atoms with E-state index in [0.717, 1.165) is 37.7 Å². The third kappa shape index (κ3) is 3.28. The molecule has 0 aliphatic carbocycles. The van der Waals surface area contributed by atoms with Gasteiger partial charge in [0.25, 0.3) is 0 Å². The molecule has 0 spiro atoms. The second kappa shape index (κ2) is 6.70. The summed E-state index contributed by atoms with van der Waals surface area (Å²) in [6, 6.07) is 3.88. The average molecular weight is 276 g/mol. The normalized spacial score (nSPS) is 21.8. The number of nitrogens with zero attached hydrogens (tertiary/aromatic N) is 2. The Morgan fingerprint density at radius 2 is 2.15 bits per heavy atom. The largest absolute Gasteiger partial charge is 0.357 e. The number of nitrogens with one attached hydrogen (secondary N) is 2. The Morgan fingerprint density at radius 3 is 2.65 bits per heavy atom. The van der Waals surface area contributed by atoms with E-state index in [1.165, 1.54) is 0 Å². The summed E-state index contributed by atoms with van der Waals surface area (Å²) in [5.74, 6) is 1.47. The summed E-state index contributed by atoms with van der Waals surface area (Å²) in [6.45, 7) is 9.85. The van der Waals surface area contributed by atoms with E-state index >= 15 is 0 Å². The van der Waals surface area contributed by atoms with Crippen molar-refractivity contribution in [1.82, 2.24) is 10.3 Å². The zero-order chi connectivity index (χ0) is 14.5. The highest BCUT2D eigenvalue weighted by Gasteiger charge is 2.29. The van der Waals surface area contributed by atoms with E-state index in [1.54, 1.807) is 6.20 Å². The minimum atomic E-state index is 0.0532. The summed E-state index contributed by atoms with van der Waals surface area (Å²) in [5.41, 5.74) is 0.769. The van der Waals surface area contributed by atoms with Gasteiger partial charge in [0.1, 0.15) is 5.82 Å². The Hall–Kier alpha value is -1.62. The van der Waals surface area contributed by atoms with Crippen molar-refractivity contribution in [2.45, 2.75) is 20.8 Å². The number of hydrogen-bond donors (Lipinski definition) is 2. The van der Waals surface area contributed by atoms with Crippen molar-refractivity contribution >= 4 is 17.4 Å². The van der Waals surface area contributed by atoms with Crippen molar-refractivity contribution in [3.8, 4) is 0 Å². The minimum absolute atomic E-state index is 0.0532. The monoisotopic (exact) mass is 276 g/mol. The van der Waals surface area contributed by atoms with Gasteiger partial charge in [-0.3, -0.25) is 4.79 Å². The van der Waals surface area contributed by atoms with Gasteiger partial charge in [0.05, 0.1) is 17.8 Å². The maximum Gasteiger partial charge on any atom is 0.229 e. The molecule has 1 saturated heterocycles. The van der Waals surface area contributed by atoms with Gasteiger partial charge in [-0.1, -0.05) is 6.92 Å². The fourth-order valence-corrected chi connectivity index (χ4v) is 2.59. The van der Waals surface area contributed by atoms with Crippen LogP contribution in [0.25, 0.3) is 0 Å². The lowest BCUT2D eigenvalue weighted by molar-refractivity contribution is -0.120. The molecular formula is C15H24N4O. The first-order valence-corrected chi connectivity index (χ1v) is 7.38. The number of aromatic nitrogens is 1. The maximum atomic E-state index is 12.2. The lowest BCUT2D eigenvalue weighted by Gasteiger charge is -2.20. The van der Waals surface area contributed by atoms with Crippen LogP contribution in [0.2, 0.25) is 0 Å². The third-order valence-corrected chi connectivity index (χ3v) is 3.96. The molecule has 5 heteroatoms. The lowest BCUT2D eigenvalue weighted by atomic mass is 9.97. The predicted octanol–water partition coefficient (Wildman–Crippen LogP) is 1.72. The van der Waals surface area contributed by atoms with Crippen LogP contribution in [-0.2, 0) is 4.79 Å². The van der Waals surface area contributed by atoms with E-state index in [9.17, 15) is 4.79 Å². The van der Waals surface area contributed by atoms with E-state index in [4.69, 9.17) is 0 Å². The summed E-state index contributed by atoms with van der Waals surface area (Å²) in [4.78, 5) is 18.8. The Bertz CT molecular complexity index is 442. The van der Waals surface area contributed by atoms with E-state index < -0.39 is 0 Å². The number of pyridine rings is 1. The van der Waals surface area contributed by atoms with E-state index in [0.29, 0.717) is 5.92 Å². The third-order valence-electron chi connectivity index (χ3n) is 3.96. The molecule has 0 radical (unpaired) electrons. The molecule has 110 valence electrons. The fraction of sp³-hybridized carbons (Fsp3) is 0.600. The van der Waals surface area contributed by atoms with Crippen LogP contribution in [0, 0.1) is 11.8 Å². The first kappa shape index (κ1) is 14.8. The number of hydrogen-bond acceptors (Lipinski definition) is 4. The van der Waals surface area contributed by atoms with Crippen LogP contribution >= 0.6 is 0 Å². The summed E-state index contributed by atoms with van der Waals surface area (Å²) in [6.07, 6.45) is 1.73.